The third-order valence-corrected chi connectivity index (χ3v) is 10.5. The van der Waals surface area contributed by atoms with Crippen molar-refractivity contribution in [2.75, 3.05) is 0 Å². The summed E-state index contributed by atoms with van der Waals surface area (Å²) < 4.78 is 6.59. The first kappa shape index (κ1) is 28.8. The van der Waals surface area contributed by atoms with E-state index in [1.165, 1.54) is 71.8 Å². The number of fused-ring (bicyclic) bond motifs is 5. The zero-order chi connectivity index (χ0) is 32.2. The second kappa shape index (κ2) is 9.69. The summed E-state index contributed by atoms with van der Waals surface area (Å²) in [6.45, 7) is 18.1. The van der Waals surface area contributed by atoms with E-state index >= 15 is 0 Å². The second-order valence-electron chi connectivity index (χ2n) is 15.6. The maximum atomic E-state index is 6.59. The Hall–Kier alpha value is -4.62. The highest BCUT2D eigenvalue weighted by Crippen LogP contribution is 2.57. The van der Waals surface area contributed by atoms with Gasteiger partial charge in [0, 0.05) is 10.8 Å². The molecule has 8 rings (SSSR count). The van der Waals surface area contributed by atoms with Crippen LogP contribution in [0, 0.1) is 13.8 Å². The van der Waals surface area contributed by atoms with Gasteiger partial charge < -0.3 is 4.42 Å². The molecule has 228 valence electrons. The minimum absolute atomic E-state index is 0.0637. The molecule has 1 aliphatic carbocycles. The first-order chi connectivity index (χ1) is 21.9. The highest BCUT2D eigenvalue weighted by Gasteiger charge is 2.45. The lowest BCUT2D eigenvalue weighted by Crippen LogP contribution is -2.34. The smallest absolute Gasteiger partial charge is 0.136 e. The fourth-order valence-corrected chi connectivity index (χ4v) is 7.93. The molecule has 1 aliphatic rings. The average molecular weight is 599 g/mol. The maximum Gasteiger partial charge on any atom is 0.136 e. The van der Waals surface area contributed by atoms with Gasteiger partial charge in [-0.05, 0) is 109 Å². The first-order valence-corrected chi connectivity index (χ1v) is 16.6. The van der Waals surface area contributed by atoms with Crippen LogP contribution < -0.4 is 0 Å². The van der Waals surface area contributed by atoms with Gasteiger partial charge in [-0.25, -0.2) is 0 Å². The molecule has 0 bridgehead atoms. The van der Waals surface area contributed by atoms with Crippen molar-refractivity contribution in [1.29, 1.82) is 0 Å². The molecular weight excluding hydrogens is 556 g/mol. The summed E-state index contributed by atoms with van der Waals surface area (Å²) >= 11 is 0. The van der Waals surface area contributed by atoms with Crippen molar-refractivity contribution in [2.45, 2.75) is 71.6 Å². The van der Waals surface area contributed by atoms with Gasteiger partial charge in [-0.15, -0.1) is 0 Å². The van der Waals surface area contributed by atoms with Crippen LogP contribution in [0.2, 0.25) is 0 Å². The molecule has 1 heteroatoms. The van der Waals surface area contributed by atoms with Gasteiger partial charge in [-0.3, -0.25) is 0 Å². The normalized spacial score (nSPS) is 14.3. The fourth-order valence-electron chi connectivity index (χ4n) is 7.93. The molecule has 0 unspecified atom stereocenters. The van der Waals surface area contributed by atoms with Crippen LogP contribution in [0.5, 0.6) is 0 Å². The van der Waals surface area contributed by atoms with E-state index in [0.29, 0.717) is 0 Å². The summed E-state index contributed by atoms with van der Waals surface area (Å²) in [4.78, 5) is 0. The van der Waals surface area contributed by atoms with Crippen molar-refractivity contribution < 1.29 is 4.42 Å². The average Bonchev–Trinajstić information content (AvgIpc) is 3.37. The Morgan fingerprint density at radius 1 is 0.500 bits per heavy atom. The number of hydrogen-bond acceptors (Lipinski definition) is 1. The van der Waals surface area contributed by atoms with E-state index in [9.17, 15) is 0 Å². The predicted molar refractivity (Wildman–Crippen MR) is 195 cm³/mol. The van der Waals surface area contributed by atoms with E-state index in [1.54, 1.807) is 0 Å². The van der Waals surface area contributed by atoms with Crippen LogP contribution in [0.4, 0.5) is 0 Å². The fraction of sp³-hybridized carbons (Fsp3) is 0.244. The number of hydrogen-bond donors (Lipinski definition) is 0. The van der Waals surface area contributed by atoms with Crippen LogP contribution in [-0.2, 0) is 16.2 Å². The summed E-state index contributed by atoms with van der Waals surface area (Å²) in [6, 6.07) is 41.8. The topological polar surface area (TPSA) is 13.1 Å². The Balaban J connectivity index is 1.58. The molecule has 0 saturated heterocycles. The van der Waals surface area contributed by atoms with Gasteiger partial charge in [0.15, 0.2) is 0 Å². The molecule has 0 radical (unpaired) electrons. The molecule has 0 aliphatic heterocycles. The molecule has 0 N–H and O–H groups in total. The zero-order valence-corrected chi connectivity index (χ0v) is 28.3. The van der Waals surface area contributed by atoms with Crippen LogP contribution in [0.1, 0.15) is 86.1 Å². The van der Waals surface area contributed by atoms with Crippen molar-refractivity contribution in [3.63, 3.8) is 0 Å². The molecule has 0 saturated carbocycles. The highest BCUT2D eigenvalue weighted by molar-refractivity contribution is 6.11. The van der Waals surface area contributed by atoms with Gasteiger partial charge in [0.1, 0.15) is 11.2 Å². The standard InChI is InChI=1S/C45H42O/c1-27-12-22-34-37-25-39-36(26-41(37)46-40(34)24-27)35-23-13-28(2)33-10-9-11-38(42(33)35)45(39,31-18-14-29(15-19-31)43(3,4)5)32-20-16-30(17-21-32)44(6,7)8/h9-26H,1-8H3. The van der Waals surface area contributed by atoms with E-state index in [1.807, 2.05) is 0 Å². The van der Waals surface area contributed by atoms with E-state index < -0.39 is 5.41 Å². The lowest BCUT2D eigenvalue weighted by atomic mass is 9.59. The van der Waals surface area contributed by atoms with Crippen LogP contribution in [-0.4, -0.2) is 0 Å². The maximum absolute atomic E-state index is 6.59. The Bertz CT molecular complexity index is 2260. The Morgan fingerprint density at radius 3 is 1.72 bits per heavy atom. The Labute approximate surface area is 272 Å². The van der Waals surface area contributed by atoms with Crippen molar-refractivity contribution in [2.24, 2.45) is 0 Å². The minimum Gasteiger partial charge on any atom is -0.456 e. The van der Waals surface area contributed by atoms with Crippen LogP contribution in [0.3, 0.4) is 0 Å². The van der Waals surface area contributed by atoms with Gasteiger partial charge in [-0.2, -0.15) is 0 Å². The summed E-state index contributed by atoms with van der Waals surface area (Å²) in [7, 11) is 0. The van der Waals surface area contributed by atoms with Gasteiger partial charge in [0.05, 0.1) is 5.41 Å². The molecule has 7 aromatic rings. The van der Waals surface area contributed by atoms with Gasteiger partial charge in [-0.1, -0.05) is 133 Å². The summed E-state index contributed by atoms with van der Waals surface area (Å²) in [6.07, 6.45) is 0. The second-order valence-corrected chi connectivity index (χ2v) is 15.6. The van der Waals surface area contributed by atoms with Crippen LogP contribution in [0.25, 0.3) is 43.8 Å². The molecule has 0 fully saturated rings. The molecule has 46 heavy (non-hydrogen) atoms. The lowest BCUT2D eigenvalue weighted by Gasteiger charge is -2.42. The Morgan fingerprint density at radius 2 is 1.11 bits per heavy atom. The van der Waals surface area contributed by atoms with E-state index in [2.05, 4.69) is 165 Å². The third-order valence-electron chi connectivity index (χ3n) is 10.5. The first-order valence-electron chi connectivity index (χ1n) is 16.6. The van der Waals surface area contributed by atoms with E-state index in [-0.39, 0.29) is 10.8 Å². The SMILES string of the molecule is Cc1ccc2c(c1)oc1cc3c(cc12)C(c1ccc(C(C)(C)C)cc1)(c1ccc(C(C)(C)C)cc1)c1cccc2c(C)ccc-3c12. The van der Waals surface area contributed by atoms with Crippen LogP contribution in [0.15, 0.2) is 114 Å². The van der Waals surface area contributed by atoms with Crippen molar-refractivity contribution >= 4 is 32.7 Å². The number of rotatable bonds is 2. The third kappa shape index (κ3) is 4.07. The van der Waals surface area contributed by atoms with Gasteiger partial charge in [0.2, 0.25) is 0 Å². The lowest BCUT2D eigenvalue weighted by molar-refractivity contribution is 0.588. The zero-order valence-electron chi connectivity index (χ0n) is 28.3. The molecule has 1 aromatic heterocycles. The molecule has 1 heterocycles. The highest BCUT2D eigenvalue weighted by atomic mass is 16.3. The van der Waals surface area contributed by atoms with Crippen molar-refractivity contribution in [3.8, 4) is 11.1 Å². The van der Waals surface area contributed by atoms with E-state index in [4.69, 9.17) is 4.42 Å². The molecule has 0 spiro atoms. The van der Waals surface area contributed by atoms with Gasteiger partial charge >= 0.3 is 0 Å². The minimum atomic E-state index is -0.537. The summed E-state index contributed by atoms with van der Waals surface area (Å²) in [5, 5.41) is 4.97. The van der Waals surface area contributed by atoms with Crippen LogP contribution >= 0.6 is 0 Å². The quantitative estimate of drug-likeness (QED) is 0.193. The Kier molecular flexibility index (Phi) is 6.07. The largest absolute Gasteiger partial charge is 0.456 e. The van der Waals surface area contributed by atoms with Crippen molar-refractivity contribution in [3.05, 3.63) is 154 Å². The molecule has 1 nitrogen and oxygen atoms in total. The van der Waals surface area contributed by atoms with Crippen molar-refractivity contribution in [1.82, 2.24) is 0 Å². The van der Waals surface area contributed by atoms with Gasteiger partial charge in [0.25, 0.3) is 0 Å². The van der Waals surface area contributed by atoms with E-state index in [0.717, 1.165) is 16.6 Å². The summed E-state index contributed by atoms with van der Waals surface area (Å²) in [5.41, 5.74) is 14.4. The number of benzene rings is 6. The summed E-state index contributed by atoms with van der Waals surface area (Å²) in [5.74, 6) is 0. The monoisotopic (exact) mass is 598 g/mol. The molecule has 0 atom stereocenters. The molecular formula is C45H42O. The molecule has 6 aromatic carbocycles. The molecule has 0 amide bonds. The number of aryl methyl sites for hydroxylation is 2. The number of furan rings is 1. The predicted octanol–water partition coefficient (Wildman–Crippen LogP) is 12.3.